The normalized spacial score (nSPS) is 25.6. The highest BCUT2D eigenvalue weighted by atomic mass is 35.5. The van der Waals surface area contributed by atoms with Crippen LogP contribution in [0, 0.1) is 11.6 Å². The first-order valence-electron chi connectivity index (χ1n) is 10.7. The lowest BCUT2D eigenvalue weighted by molar-refractivity contribution is -0.205. The second-order valence-electron chi connectivity index (χ2n) is 9.31. The molecule has 3 aromatic rings. The monoisotopic (exact) mass is 498 g/mol. The lowest BCUT2D eigenvalue weighted by atomic mass is 9.89. The number of aliphatic hydroxyl groups is 3. The number of aliphatic hydroxyl groups excluding tert-OH is 3. The Labute approximate surface area is 198 Å². The van der Waals surface area contributed by atoms with Crippen molar-refractivity contribution in [3.05, 3.63) is 52.5 Å². The Balaban J connectivity index is 1.62. The number of hydrogen-bond acceptors (Lipinski definition) is 8. The van der Waals surface area contributed by atoms with Crippen LogP contribution in [0.25, 0.3) is 11.3 Å². The molecular weight excluding hydrogens is 474 g/mol. The van der Waals surface area contributed by atoms with E-state index in [-0.39, 0.29) is 28.1 Å². The molecule has 0 saturated carbocycles. The molecule has 0 radical (unpaired) electrons. The Morgan fingerprint density at radius 2 is 1.82 bits per heavy atom. The molecule has 3 heterocycles. The van der Waals surface area contributed by atoms with Crippen LogP contribution in [-0.2, 0) is 16.6 Å². The average Bonchev–Trinajstić information content (AvgIpc) is 3.44. The van der Waals surface area contributed by atoms with Gasteiger partial charge in [-0.3, -0.25) is 0 Å². The van der Waals surface area contributed by atoms with Crippen LogP contribution in [0.2, 0.25) is 5.02 Å². The third kappa shape index (κ3) is 4.58. The number of ether oxygens (including phenoxy) is 1. The highest BCUT2D eigenvalue weighted by molar-refractivity contribution is 6.30. The van der Waals surface area contributed by atoms with Gasteiger partial charge in [0.1, 0.15) is 35.8 Å². The first kappa shape index (κ1) is 24.7. The van der Waals surface area contributed by atoms with Crippen molar-refractivity contribution in [2.75, 3.05) is 6.61 Å². The van der Waals surface area contributed by atoms with Crippen LogP contribution >= 0.6 is 11.6 Å². The lowest BCUT2D eigenvalue weighted by Crippen LogP contribution is -2.56. The van der Waals surface area contributed by atoms with Gasteiger partial charge in [-0.1, -0.05) is 42.7 Å². The number of nitrogens with zero attached hydrogens (tertiary/aromatic N) is 4. The fourth-order valence-electron chi connectivity index (χ4n) is 3.89. The summed E-state index contributed by atoms with van der Waals surface area (Å²) in [6.45, 7) is 5.41. The molecule has 12 heteroatoms. The van der Waals surface area contributed by atoms with Crippen molar-refractivity contribution in [3.8, 4) is 11.3 Å². The van der Waals surface area contributed by atoms with Gasteiger partial charge < -0.3 is 24.6 Å². The van der Waals surface area contributed by atoms with Crippen LogP contribution in [-0.4, -0.2) is 66.5 Å². The summed E-state index contributed by atoms with van der Waals surface area (Å²) in [6.07, 6.45) is -3.21. The zero-order chi connectivity index (χ0) is 24.8. The van der Waals surface area contributed by atoms with Crippen LogP contribution in [0.5, 0.6) is 0 Å². The van der Waals surface area contributed by atoms with Gasteiger partial charge in [0.25, 0.3) is 0 Å². The van der Waals surface area contributed by atoms with Crippen LogP contribution in [0.3, 0.4) is 0 Å². The third-order valence-electron chi connectivity index (χ3n) is 5.85. The summed E-state index contributed by atoms with van der Waals surface area (Å²) < 4.78 is 40.5. The van der Waals surface area contributed by atoms with Gasteiger partial charge in [0.2, 0.25) is 0 Å². The molecule has 0 aliphatic carbocycles. The molecule has 0 amide bonds. The molecule has 4 rings (SSSR count). The van der Waals surface area contributed by atoms with Crippen molar-refractivity contribution in [2.45, 2.75) is 63.1 Å². The molecule has 0 spiro atoms. The van der Waals surface area contributed by atoms with Gasteiger partial charge >= 0.3 is 0 Å². The van der Waals surface area contributed by atoms with Crippen molar-refractivity contribution in [3.63, 3.8) is 0 Å². The SMILES string of the molecule is CC(C)(C)c1cc(C[C@H]2O[C@H](CO)[C@H](O)[C@H](n3cc(-c4ccc(Cl)c(F)c4F)nn3)[C@H]2O)on1. The van der Waals surface area contributed by atoms with Crippen molar-refractivity contribution >= 4 is 11.6 Å². The predicted molar refractivity (Wildman–Crippen MR) is 116 cm³/mol. The van der Waals surface area contributed by atoms with E-state index in [1.54, 1.807) is 6.07 Å². The maximum Gasteiger partial charge on any atom is 0.178 e. The molecule has 184 valence electrons. The molecule has 0 bridgehead atoms. The van der Waals surface area contributed by atoms with Gasteiger partial charge in [-0.05, 0) is 12.1 Å². The number of rotatable bonds is 5. The number of benzene rings is 1. The standard InChI is InChI=1S/C22H25ClF2N4O5/c1-22(2,3)16-7-10(34-27-16)6-14-20(31)19(21(32)15(9-30)33-14)29-8-13(26-28-29)11-4-5-12(23)18(25)17(11)24/h4-5,7-8,14-15,19-21,30-32H,6,9H2,1-3H3/t14-,15-,19-,20+,21+/m1/s1. The molecule has 9 nitrogen and oxygen atoms in total. The zero-order valence-corrected chi connectivity index (χ0v) is 19.4. The van der Waals surface area contributed by atoms with Crippen LogP contribution in [0.15, 0.2) is 28.9 Å². The van der Waals surface area contributed by atoms with Crippen LogP contribution in [0.4, 0.5) is 8.78 Å². The summed E-state index contributed by atoms with van der Waals surface area (Å²) in [5, 5.41) is 43.0. The second-order valence-corrected chi connectivity index (χ2v) is 9.71. The minimum Gasteiger partial charge on any atom is -0.394 e. The molecular formula is C22H25ClF2N4O5. The van der Waals surface area contributed by atoms with E-state index in [0.717, 1.165) is 10.4 Å². The van der Waals surface area contributed by atoms with E-state index in [0.29, 0.717) is 5.76 Å². The fourth-order valence-corrected chi connectivity index (χ4v) is 4.04. The molecule has 5 atom stereocenters. The van der Waals surface area contributed by atoms with Crippen molar-refractivity contribution in [1.29, 1.82) is 0 Å². The molecule has 3 N–H and O–H groups in total. The number of aromatic nitrogens is 4. The minimum atomic E-state index is -1.36. The Morgan fingerprint density at radius 1 is 1.12 bits per heavy atom. The van der Waals surface area contributed by atoms with Crippen molar-refractivity contribution in [1.82, 2.24) is 20.2 Å². The first-order valence-corrected chi connectivity index (χ1v) is 11.0. The quantitative estimate of drug-likeness (QED) is 0.458. The summed E-state index contributed by atoms with van der Waals surface area (Å²) in [6, 6.07) is 3.10. The zero-order valence-electron chi connectivity index (χ0n) is 18.7. The molecule has 2 aromatic heterocycles. The fraction of sp³-hybridized carbons (Fsp3) is 0.500. The largest absolute Gasteiger partial charge is 0.394 e. The van der Waals surface area contributed by atoms with Crippen LogP contribution < -0.4 is 0 Å². The number of halogens is 3. The summed E-state index contributed by atoms with van der Waals surface area (Å²) in [4.78, 5) is 0. The summed E-state index contributed by atoms with van der Waals surface area (Å²) in [7, 11) is 0. The Bertz CT molecular complexity index is 1160. The summed E-state index contributed by atoms with van der Waals surface area (Å²) in [5.41, 5.74) is 0.270. The second kappa shape index (κ2) is 9.31. The van der Waals surface area contributed by atoms with Gasteiger partial charge in [0.05, 0.1) is 29.6 Å². The van der Waals surface area contributed by atoms with E-state index in [9.17, 15) is 24.1 Å². The molecule has 1 aromatic carbocycles. The summed E-state index contributed by atoms with van der Waals surface area (Å²) in [5.74, 6) is -1.96. The van der Waals surface area contributed by atoms with Gasteiger partial charge in [-0.25, -0.2) is 13.5 Å². The average molecular weight is 499 g/mol. The van der Waals surface area contributed by atoms with Crippen molar-refractivity contribution in [2.24, 2.45) is 0 Å². The highest BCUT2D eigenvalue weighted by Gasteiger charge is 2.46. The Hall–Kier alpha value is -2.44. The molecule has 1 aliphatic rings. The Morgan fingerprint density at radius 3 is 2.47 bits per heavy atom. The van der Waals surface area contributed by atoms with E-state index in [4.69, 9.17) is 20.9 Å². The predicted octanol–water partition coefficient (Wildman–Crippen LogP) is 2.43. The van der Waals surface area contributed by atoms with E-state index in [1.165, 1.54) is 18.3 Å². The topological polar surface area (TPSA) is 127 Å². The van der Waals surface area contributed by atoms with E-state index >= 15 is 0 Å². The smallest absolute Gasteiger partial charge is 0.178 e. The van der Waals surface area contributed by atoms with Gasteiger partial charge in [0, 0.05) is 23.5 Å². The highest BCUT2D eigenvalue weighted by Crippen LogP contribution is 2.34. The van der Waals surface area contributed by atoms with Gasteiger partial charge in [0.15, 0.2) is 11.6 Å². The molecule has 0 unspecified atom stereocenters. The van der Waals surface area contributed by atoms with Gasteiger partial charge in [-0.15, -0.1) is 5.10 Å². The molecule has 1 fully saturated rings. The van der Waals surface area contributed by atoms with E-state index < -0.39 is 48.7 Å². The molecule has 1 saturated heterocycles. The van der Waals surface area contributed by atoms with E-state index in [2.05, 4.69) is 15.5 Å². The molecule has 34 heavy (non-hydrogen) atoms. The lowest BCUT2D eigenvalue weighted by Gasteiger charge is -2.41. The third-order valence-corrected chi connectivity index (χ3v) is 6.14. The first-order chi connectivity index (χ1) is 16.0. The van der Waals surface area contributed by atoms with E-state index in [1.807, 2.05) is 20.8 Å². The van der Waals surface area contributed by atoms with Crippen LogP contribution in [0.1, 0.15) is 38.3 Å². The maximum absolute atomic E-state index is 14.4. The van der Waals surface area contributed by atoms with Gasteiger partial charge in [-0.2, -0.15) is 0 Å². The number of hydrogen-bond donors (Lipinski definition) is 3. The maximum atomic E-state index is 14.4. The minimum absolute atomic E-state index is 0.0267. The van der Waals surface area contributed by atoms with Crippen molar-refractivity contribution < 1.29 is 33.4 Å². The summed E-state index contributed by atoms with van der Waals surface area (Å²) >= 11 is 5.61. The molecule has 1 aliphatic heterocycles. The Kier molecular flexibility index (Phi) is 6.76.